The molecule has 2 amide bonds. The summed E-state index contributed by atoms with van der Waals surface area (Å²) in [6.45, 7) is 14.6. The van der Waals surface area contributed by atoms with E-state index in [9.17, 15) is 9.59 Å². The van der Waals surface area contributed by atoms with Gasteiger partial charge in [-0.3, -0.25) is 4.79 Å². The number of carbonyl (C=O) groups is 2. The molecule has 0 aromatic rings. The second-order valence-electron chi connectivity index (χ2n) is 9.41. The molecule has 0 spiro atoms. The van der Waals surface area contributed by atoms with Gasteiger partial charge in [-0.2, -0.15) is 0 Å². The fourth-order valence-corrected chi connectivity index (χ4v) is 3.92. The third-order valence-electron chi connectivity index (χ3n) is 5.39. The molecule has 0 aromatic carbocycles. The molecule has 1 heterocycles. The zero-order chi connectivity index (χ0) is 20.2. The van der Waals surface area contributed by atoms with Gasteiger partial charge in [0.25, 0.3) is 0 Å². The smallest absolute Gasteiger partial charge is 0.410 e. The minimum absolute atomic E-state index is 0.0303. The standard InChI is InChI=1S/C22H36N2O3/c1-17-9-7-12-22(5,6)18(17)10-11-19(25)23-13-8-14-24(16-15-23)20(26)27-21(2,3)4/h10-11H,7-9,12-16H2,1-6H3/b11-10+. The molecule has 5 heteroatoms. The first-order chi connectivity index (χ1) is 12.5. The Kier molecular flexibility index (Phi) is 6.77. The van der Waals surface area contributed by atoms with Gasteiger partial charge in [0.1, 0.15) is 5.60 Å². The Labute approximate surface area is 164 Å². The Morgan fingerprint density at radius 3 is 2.30 bits per heavy atom. The summed E-state index contributed by atoms with van der Waals surface area (Å²) in [6, 6.07) is 0. The van der Waals surface area contributed by atoms with Crippen LogP contribution in [0.2, 0.25) is 0 Å². The highest BCUT2D eigenvalue weighted by Gasteiger charge is 2.28. The van der Waals surface area contributed by atoms with Gasteiger partial charge >= 0.3 is 6.09 Å². The Morgan fingerprint density at radius 1 is 1.04 bits per heavy atom. The highest BCUT2D eigenvalue weighted by Crippen LogP contribution is 2.40. The number of nitrogens with zero attached hydrogens (tertiary/aromatic N) is 2. The van der Waals surface area contributed by atoms with Gasteiger partial charge in [-0.15, -0.1) is 0 Å². The van der Waals surface area contributed by atoms with E-state index in [0.29, 0.717) is 26.2 Å². The first-order valence-corrected chi connectivity index (χ1v) is 10.1. The van der Waals surface area contributed by atoms with E-state index in [-0.39, 0.29) is 17.4 Å². The minimum Gasteiger partial charge on any atom is -0.444 e. The van der Waals surface area contributed by atoms with Crippen LogP contribution in [0.1, 0.15) is 67.2 Å². The fourth-order valence-electron chi connectivity index (χ4n) is 3.92. The number of ether oxygens (including phenoxy) is 1. The lowest BCUT2D eigenvalue weighted by Crippen LogP contribution is -2.39. The molecule has 2 aliphatic rings. The Hall–Kier alpha value is -1.78. The largest absolute Gasteiger partial charge is 0.444 e. The van der Waals surface area contributed by atoms with E-state index in [1.807, 2.05) is 31.7 Å². The third-order valence-corrected chi connectivity index (χ3v) is 5.39. The van der Waals surface area contributed by atoms with Crippen molar-refractivity contribution in [3.63, 3.8) is 0 Å². The average molecular weight is 377 g/mol. The van der Waals surface area contributed by atoms with E-state index < -0.39 is 5.60 Å². The number of amides is 2. The van der Waals surface area contributed by atoms with Crippen LogP contribution in [0.15, 0.2) is 23.3 Å². The van der Waals surface area contributed by atoms with E-state index in [4.69, 9.17) is 4.74 Å². The number of hydrogen-bond donors (Lipinski definition) is 0. The number of carbonyl (C=O) groups excluding carboxylic acids is 2. The monoisotopic (exact) mass is 376 g/mol. The van der Waals surface area contributed by atoms with Crippen molar-refractivity contribution >= 4 is 12.0 Å². The van der Waals surface area contributed by atoms with Crippen LogP contribution in [0.25, 0.3) is 0 Å². The molecule has 0 atom stereocenters. The fraction of sp³-hybridized carbons (Fsp3) is 0.727. The summed E-state index contributed by atoms with van der Waals surface area (Å²) < 4.78 is 5.45. The van der Waals surface area contributed by atoms with E-state index in [0.717, 1.165) is 19.3 Å². The molecule has 5 nitrogen and oxygen atoms in total. The average Bonchev–Trinajstić information content (AvgIpc) is 2.78. The van der Waals surface area contributed by atoms with Crippen molar-refractivity contribution in [2.75, 3.05) is 26.2 Å². The first kappa shape index (κ1) is 21.5. The zero-order valence-corrected chi connectivity index (χ0v) is 17.9. The maximum atomic E-state index is 12.7. The van der Waals surface area contributed by atoms with Crippen molar-refractivity contribution in [1.29, 1.82) is 0 Å². The van der Waals surface area contributed by atoms with Crippen molar-refractivity contribution in [2.24, 2.45) is 5.41 Å². The first-order valence-electron chi connectivity index (χ1n) is 10.1. The number of allylic oxidation sites excluding steroid dienone is 3. The Balaban J connectivity index is 1.97. The molecule has 2 rings (SSSR count). The van der Waals surface area contributed by atoms with Gasteiger partial charge in [-0.1, -0.05) is 25.5 Å². The Morgan fingerprint density at radius 2 is 1.67 bits per heavy atom. The molecule has 0 N–H and O–H groups in total. The van der Waals surface area contributed by atoms with E-state index in [1.54, 1.807) is 11.0 Å². The molecular weight excluding hydrogens is 340 g/mol. The van der Waals surface area contributed by atoms with Gasteiger partial charge in [-0.25, -0.2) is 4.79 Å². The molecule has 1 saturated heterocycles. The molecule has 152 valence electrons. The number of rotatable bonds is 2. The van der Waals surface area contributed by atoms with Crippen LogP contribution in [0.3, 0.4) is 0 Å². The molecule has 0 unspecified atom stereocenters. The van der Waals surface area contributed by atoms with Crippen molar-refractivity contribution in [1.82, 2.24) is 9.80 Å². The van der Waals surface area contributed by atoms with Crippen molar-refractivity contribution in [3.05, 3.63) is 23.3 Å². The van der Waals surface area contributed by atoms with Gasteiger partial charge in [0, 0.05) is 32.3 Å². The molecule has 0 aromatic heterocycles. The predicted octanol–water partition coefficient (Wildman–Crippen LogP) is 4.54. The van der Waals surface area contributed by atoms with Gasteiger partial charge in [-0.05, 0) is 64.4 Å². The van der Waals surface area contributed by atoms with Gasteiger partial charge in [0.2, 0.25) is 5.91 Å². The molecule has 1 fully saturated rings. The van der Waals surface area contributed by atoms with Gasteiger partial charge < -0.3 is 14.5 Å². The summed E-state index contributed by atoms with van der Waals surface area (Å²) in [5.41, 5.74) is 2.32. The van der Waals surface area contributed by atoms with Crippen molar-refractivity contribution in [3.8, 4) is 0 Å². The maximum Gasteiger partial charge on any atom is 0.410 e. The van der Waals surface area contributed by atoms with Crippen LogP contribution >= 0.6 is 0 Å². The highest BCUT2D eigenvalue weighted by atomic mass is 16.6. The minimum atomic E-state index is -0.500. The lowest BCUT2D eigenvalue weighted by Gasteiger charge is -2.33. The molecule has 0 saturated carbocycles. The predicted molar refractivity (Wildman–Crippen MR) is 108 cm³/mol. The van der Waals surface area contributed by atoms with Crippen LogP contribution in [-0.4, -0.2) is 53.6 Å². The normalized spacial score (nSPS) is 21.4. The van der Waals surface area contributed by atoms with E-state index >= 15 is 0 Å². The second-order valence-corrected chi connectivity index (χ2v) is 9.41. The van der Waals surface area contributed by atoms with E-state index in [2.05, 4.69) is 20.8 Å². The SMILES string of the molecule is CC1=C(/C=C/C(=O)N2CCCN(C(=O)OC(C)(C)C)CC2)C(C)(C)CCC1. The van der Waals surface area contributed by atoms with Crippen LogP contribution in [0, 0.1) is 5.41 Å². The highest BCUT2D eigenvalue weighted by molar-refractivity contribution is 5.88. The summed E-state index contributed by atoms with van der Waals surface area (Å²) in [5.74, 6) is 0.0303. The number of hydrogen-bond acceptors (Lipinski definition) is 3. The quantitative estimate of drug-likeness (QED) is 0.665. The summed E-state index contributed by atoms with van der Waals surface area (Å²) in [6.07, 6.45) is 7.71. The van der Waals surface area contributed by atoms with Gasteiger partial charge in [0.15, 0.2) is 0 Å². The maximum absolute atomic E-state index is 12.7. The molecule has 0 bridgehead atoms. The second kappa shape index (κ2) is 8.49. The van der Waals surface area contributed by atoms with Crippen LogP contribution in [0.5, 0.6) is 0 Å². The van der Waals surface area contributed by atoms with Crippen molar-refractivity contribution in [2.45, 2.75) is 72.8 Å². The lowest BCUT2D eigenvalue weighted by atomic mass is 9.72. The molecule has 1 aliphatic heterocycles. The summed E-state index contributed by atoms with van der Waals surface area (Å²) in [5, 5.41) is 0. The molecule has 27 heavy (non-hydrogen) atoms. The molecule has 1 aliphatic carbocycles. The molecular formula is C22H36N2O3. The third kappa shape index (κ3) is 6.12. The summed E-state index contributed by atoms with van der Waals surface area (Å²) in [4.78, 5) is 28.5. The zero-order valence-electron chi connectivity index (χ0n) is 17.9. The van der Waals surface area contributed by atoms with E-state index in [1.165, 1.54) is 17.6 Å². The summed E-state index contributed by atoms with van der Waals surface area (Å²) in [7, 11) is 0. The summed E-state index contributed by atoms with van der Waals surface area (Å²) >= 11 is 0. The molecule has 0 radical (unpaired) electrons. The van der Waals surface area contributed by atoms with Crippen LogP contribution < -0.4 is 0 Å². The van der Waals surface area contributed by atoms with Crippen molar-refractivity contribution < 1.29 is 14.3 Å². The van der Waals surface area contributed by atoms with Gasteiger partial charge in [0.05, 0.1) is 0 Å². The van der Waals surface area contributed by atoms with Crippen LogP contribution in [0.4, 0.5) is 4.79 Å². The topological polar surface area (TPSA) is 49.9 Å². The Bertz CT molecular complexity index is 626. The lowest BCUT2D eigenvalue weighted by molar-refractivity contribution is -0.125. The van der Waals surface area contributed by atoms with Crippen LogP contribution in [-0.2, 0) is 9.53 Å².